The van der Waals surface area contributed by atoms with Gasteiger partial charge in [0.1, 0.15) is 0 Å². The number of aryl methyl sites for hydroxylation is 1. The third kappa shape index (κ3) is 3.60. The van der Waals surface area contributed by atoms with E-state index >= 15 is 0 Å². The van der Waals surface area contributed by atoms with Crippen LogP contribution in [0.4, 0.5) is 8.78 Å². The number of alkyl halides is 2. The smallest absolute Gasteiger partial charge is 0.250 e. The standard InChI is InChI=1S/C10H12ClF2N/c1-7-4-8(2-3-9(7)11)5-14-6-10(12)13/h2-4,10,14H,5-6H2,1H3. The Morgan fingerprint density at radius 2 is 2.14 bits per heavy atom. The molecular weight excluding hydrogens is 208 g/mol. The molecule has 0 saturated carbocycles. The molecule has 0 aromatic heterocycles. The van der Waals surface area contributed by atoms with Gasteiger partial charge < -0.3 is 5.32 Å². The maximum Gasteiger partial charge on any atom is 0.250 e. The minimum absolute atomic E-state index is 0.276. The molecular formula is C10H12ClF2N. The van der Waals surface area contributed by atoms with Crippen LogP contribution in [-0.4, -0.2) is 13.0 Å². The molecule has 0 unspecified atom stereocenters. The summed E-state index contributed by atoms with van der Waals surface area (Å²) in [6.07, 6.45) is -2.30. The van der Waals surface area contributed by atoms with Gasteiger partial charge in [0, 0.05) is 11.6 Å². The number of halogens is 3. The van der Waals surface area contributed by atoms with Crippen molar-refractivity contribution >= 4 is 11.6 Å². The first-order valence-electron chi connectivity index (χ1n) is 4.33. The molecule has 0 aliphatic heterocycles. The lowest BCUT2D eigenvalue weighted by molar-refractivity contribution is 0.145. The lowest BCUT2D eigenvalue weighted by atomic mass is 10.1. The van der Waals surface area contributed by atoms with Crippen molar-refractivity contribution in [1.29, 1.82) is 0 Å². The molecule has 14 heavy (non-hydrogen) atoms. The Bertz CT molecular complexity index is 302. The Morgan fingerprint density at radius 1 is 1.43 bits per heavy atom. The van der Waals surface area contributed by atoms with Crippen LogP contribution in [0, 0.1) is 6.92 Å². The first-order valence-corrected chi connectivity index (χ1v) is 4.71. The van der Waals surface area contributed by atoms with E-state index in [0.29, 0.717) is 11.6 Å². The third-order valence-corrected chi connectivity index (χ3v) is 2.27. The predicted octanol–water partition coefficient (Wildman–Crippen LogP) is 3.00. The van der Waals surface area contributed by atoms with Gasteiger partial charge in [0.05, 0.1) is 6.54 Å². The van der Waals surface area contributed by atoms with Crippen LogP contribution < -0.4 is 5.32 Å². The minimum Gasteiger partial charge on any atom is -0.307 e. The van der Waals surface area contributed by atoms with E-state index in [9.17, 15) is 8.78 Å². The summed E-state index contributed by atoms with van der Waals surface area (Å²) in [6, 6.07) is 5.49. The van der Waals surface area contributed by atoms with Crippen molar-refractivity contribution in [2.45, 2.75) is 19.9 Å². The van der Waals surface area contributed by atoms with E-state index in [1.807, 2.05) is 19.1 Å². The quantitative estimate of drug-likeness (QED) is 0.821. The zero-order valence-electron chi connectivity index (χ0n) is 7.86. The molecule has 0 saturated heterocycles. The van der Waals surface area contributed by atoms with E-state index in [0.717, 1.165) is 11.1 Å². The Kier molecular flexibility index (Phi) is 4.29. The lowest BCUT2D eigenvalue weighted by Crippen LogP contribution is -2.20. The molecule has 1 nitrogen and oxygen atoms in total. The van der Waals surface area contributed by atoms with Crippen molar-refractivity contribution in [3.63, 3.8) is 0 Å². The van der Waals surface area contributed by atoms with Crippen molar-refractivity contribution in [3.8, 4) is 0 Å². The average Bonchev–Trinajstić information content (AvgIpc) is 2.10. The van der Waals surface area contributed by atoms with Crippen molar-refractivity contribution < 1.29 is 8.78 Å². The molecule has 78 valence electrons. The lowest BCUT2D eigenvalue weighted by Gasteiger charge is -2.05. The van der Waals surface area contributed by atoms with Crippen molar-refractivity contribution in [3.05, 3.63) is 34.3 Å². The van der Waals surface area contributed by atoms with Crippen molar-refractivity contribution in [2.24, 2.45) is 0 Å². The molecule has 1 aromatic rings. The Balaban J connectivity index is 2.47. The van der Waals surface area contributed by atoms with Crippen molar-refractivity contribution in [2.75, 3.05) is 6.54 Å². The number of rotatable bonds is 4. The molecule has 0 fully saturated rings. The van der Waals surface area contributed by atoms with Crippen LogP contribution in [0.15, 0.2) is 18.2 Å². The van der Waals surface area contributed by atoms with Gasteiger partial charge in [0.2, 0.25) is 0 Å². The van der Waals surface area contributed by atoms with Crippen LogP contribution in [0.5, 0.6) is 0 Å². The number of benzene rings is 1. The monoisotopic (exact) mass is 219 g/mol. The molecule has 0 spiro atoms. The molecule has 0 atom stereocenters. The van der Waals surface area contributed by atoms with Crippen LogP contribution in [0.1, 0.15) is 11.1 Å². The van der Waals surface area contributed by atoms with Gasteiger partial charge in [-0.2, -0.15) is 0 Å². The van der Waals surface area contributed by atoms with E-state index in [4.69, 9.17) is 11.6 Å². The van der Waals surface area contributed by atoms with Crippen LogP contribution in [-0.2, 0) is 6.54 Å². The molecule has 1 N–H and O–H groups in total. The van der Waals surface area contributed by atoms with Gasteiger partial charge in [-0.1, -0.05) is 23.7 Å². The summed E-state index contributed by atoms with van der Waals surface area (Å²) in [5, 5.41) is 3.35. The minimum atomic E-state index is -2.30. The summed E-state index contributed by atoms with van der Waals surface area (Å²) in [4.78, 5) is 0. The summed E-state index contributed by atoms with van der Waals surface area (Å²) < 4.78 is 23.6. The topological polar surface area (TPSA) is 12.0 Å². The fourth-order valence-electron chi connectivity index (χ4n) is 1.14. The number of hydrogen-bond donors (Lipinski definition) is 1. The van der Waals surface area contributed by atoms with Gasteiger partial charge in [-0.15, -0.1) is 0 Å². The molecule has 4 heteroatoms. The van der Waals surface area contributed by atoms with Crippen LogP contribution in [0.2, 0.25) is 5.02 Å². The molecule has 0 aliphatic rings. The maximum absolute atomic E-state index is 11.8. The second-order valence-corrected chi connectivity index (χ2v) is 3.51. The largest absolute Gasteiger partial charge is 0.307 e. The van der Waals surface area contributed by atoms with E-state index in [-0.39, 0.29) is 6.54 Å². The summed E-state index contributed by atoms with van der Waals surface area (Å²) in [5.41, 5.74) is 1.93. The van der Waals surface area contributed by atoms with E-state index in [1.54, 1.807) is 6.07 Å². The summed E-state index contributed by atoms with van der Waals surface area (Å²) in [7, 11) is 0. The highest BCUT2D eigenvalue weighted by Crippen LogP contribution is 2.15. The van der Waals surface area contributed by atoms with Gasteiger partial charge in [-0.3, -0.25) is 0 Å². The molecule has 0 amide bonds. The Morgan fingerprint density at radius 3 is 2.71 bits per heavy atom. The first kappa shape index (κ1) is 11.4. The highest BCUT2D eigenvalue weighted by atomic mass is 35.5. The van der Waals surface area contributed by atoms with Gasteiger partial charge in [-0.25, -0.2) is 8.78 Å². The molecule has 0 heterocycles. The Labute approximate surface area is 87.1 Å². The normalized spacial score (nSPS) is 10.9. The van der Waals surface area contributed by atoms with Gasteiger partial charge >= 0.3 is 0 Å². The molecule has 0 aliphatic carbocycles. The van der Waals surface area contributed by atoms with Crippen LogP contribution >= 0.6 is 11.6 Å². The zero-order valence-corrected chi connectivity index (χ0v) is 8.61. The second kappa shape index (κ2) is 5.27. The third-order valence-electron chi connectivity index (χ3n) is 1.85. The maximum atomic E-state index is 11.8. The van der Waals surface area contributed by atoms with Crippen LogP contribution in [0.3, 0.4) is 0 Å². The average molecular weight is 220 g/mol. The van der Waals surface area contributed by atoms with E-state index < -0.39 is 6.43 Å². The van der Waals surface area contributed by atoms with Gasteiger partial charge in [0.25, 0.3) is 6.43 Å². The fourth-order valence-corrected chi connectivity index (χ4v) is 1.26. The highest BCUT2D eigenvalue weighted by Gasteiger charge is 2.01. The highest BCUT2D eigenvalue weighted by molar-refractivity contribution is 6.31. The molecule has 1 rings (SSSR count). The van der Waals surface area contributed by atoms with E-state index in [2.05, 4.69) is 5.32 Å². The first-order chi connectivity index (χ1) is 6.59. The fraction of sp³-hybridized carbons (Fsp3) is 0.400. The molecule has 0 radical (unpaired) electrons. The van der Waals surface area contributed by atoms with Gasteiger partial charge in [0.15, 0.2) is 0 Å². The number of nitrogens with one attached hydrogen (secondary N) is 1. The SMILES string of the molecule is Cc1cc(CNCC(F)F)ccc1Cl. The summed E-state index contributed by atoms with van der Waals surface area (Å²) >= 11 is 5.82. The summed E-state index contributed by atoms with van der Waals surface area (Å²) in [6.45, 7) is 2.06. The number of hydrogen-bond acceptors (Lipinski definition) is 1. The van der Waals surface area contributed by atoms with E-state index in [1.165, 1.54) is 0 Å². The summed E-state index contributed by atoms with van der Waals surface area (Å²) in [5.74, 6) is 0. The zero-order chi connectivity index (χ0) is 10.6. The van der Waals surface area contributed by atoms with Gasteiger partial charge in [-0.05, 0) is 24.1 Å². The molecule has 1 aromatic carbocycles. The molecule has 0 bridgehead atoms. The van der Waals surface area contributed by atoms with Crippen LogP contribution in [0.25, 0.3) is 0 Å². The second-order valence-electron chi connectivity index (χ2n) is 3.11. The van der Waals surface area contributed by atoms with Crippen molar-refractivity contribution in [1.82, 2.24) is 5.32 Å². The predicted molar refractivity (Wildman–Crippen MR) is 53.9 cm³/mol. The Hall–Kier alpha value is -0.670.